The topological polar surface area (TPSA) is 107 Å². The summed E-state index contributed by atoms with van der Waals surface area (Å²) in [5.41, 5.74) is -6.78. The number of carbonyl (C=O) groups is 2. The smallest absolute Gasteiger partial charge is 0.351 e. The Morgan fingerprint density at radius 3 is 2.06 bits per heavy atom. The molecule has 1 aliphatic heterocycles. The number of aliphatic hydroxyl groups is 3. The van der Waals surface area contributed by atoms with Crippen LogP contribution in [0, 0.1) is 23.2 Å². The summed E-state index contributed by atoms with van der Waals surface area (Å²) in [6, 6.07) is -0.531. The predicted octanol–water partition coefficient (Wildman–Crippen LogP) is 3.13. The number of Topliss-reactive ketones (excluding diaryl/α,β-unsaturated/α-hetero) is 1. The van der Waals surface area contributed by atoms with E-state index in [0.29, 0.717) is 13.0 Å². The summed E-state index contributed by atoms with van der Waals surface area (Å²) in [6.45, 7) is 17.0. The zero-order chi connectivity index (χ0) is 27.0. The highest BCUT2D eigenvalue weighted by Crippen LogP contribution is 2.45. The molecule has 0 amide bonds. The highest BCUT2D eigenvalue weighted by Gasteiger charge is 2.54. The van der Waals surface area contributed by atoms with Crippen molar-refractivity contribution in [3.8, 4) is 0 Å². The first-order valence-corrected chi connectivity index (χ1v) is 12.4. The van der Waals surface area contributed by atoms with E-state index in [1.54, 1.807) is 27.7 Å². The van der Waals surface area contributed by atoms with Gasteiger partial charge in [-0.25, -0.2) is 9.18 Å². The Bertz CT molecular complexity index is 729. The molecule has 0 spiro atoms. The van der Waals surface area contributed by atoms with Gasteiger partial charge in [0.2, 0.25) is 0 Å². The van der Waals surface area contributed by atoms with Crippen molar-refractivity contribution >= 4 is 11.8 Å². The van der Waals surface area contributed by atoms with Gasteiger partial charge in [-0.15, -0.1) is 0 Å². The SMILES string of the molecule is CC[C@H]1OC(=O)[C@@](C)(F)C(=O)[C@H](C)[C@@H](C(C)(C)C)[C@](C)(O)C[C@@H](C)CN(C)[C@H](C)[C@@H](O)[C@]1(C)O. The highest BCUT2D eigenvalue weighted by molar-refractivity contribution is 6.07. The number of cyclic esters (lactones) is 1. The molecule has 3 N–H and O–H groups in total. The maximum Gasteiger partial charge on any atom is 0.351 e. The van der Waals surface area contributed by atoms with E-state index in [1.807, 2.05) is 39.6 Å². The molecule has 1 rings (SSSR count). The fourth-order valence-electron chi connectivity index (χ4n) is 6.23. The van der Waals surface area contributed by atoms with Gasteiger partial charge in [0.15, 0.2) is 5.78 Å². The van der Waals surface area contributed by atoms with Crippen LogP contribution in [0.2, 0.25) is 0 Å². The van der Waals surface area contributed by atoms with Gasteiger partial charge in [0, 0.05) is 24.4 Å². The first kappa shape index (κ1) is 30.9. The van der Waals surface area contributed by atoms with Gasteiger partial charge >= 0.3 is 5.97 Å². The summed E-state index contributed by atoms with van der Waals surface area (Å²) >= 11 is 0. The lowest BCUT2D eigenvalue weighted by molar-refractivity contribution is -0.196. The predicted molar refractivity (Wildman–Crippen MR) is 130 cm³/mol. The van der Waals surface area contributed by atoms with E-state index in [4.69, 9.17) is 4.74 Å². The second-order valence-electron chi connectivity index (χ2n) is 12.3. The van der Waals surface area contributed by atoms with Crippen LogP contribution in [0.25, 0.3) is 0 Å². The molecule has 0 aromatic rings. The summed E-state index contributed by atoms with van der Waals surface area (Å²) in [6.07, 6.45) is -2.12. The van der Waals surface area contributed by atoms with Gasteiger partial charge < -0.3 is 25.0 Å². The zero-order valence-corrected chi connectivity index (χ0v) is 23.0. The summed E-state index contributed by atoms with van der Waals surface area (Å²) in [7, 11) is 1.81. The minimum atomic E-state index is -2.98. The highest BCUT2D eigenvalue weighted by atomic mass is 19.1. The van der Waals surface area contributed by atoms with E-state index in [-0.39, 0.29) is 12.3 Å². The number of halogens is 1. The second kappa shape index (κ2) is 10.5. The number of carbonyl (C=O) groups excluding carboxylic acids is 2. The molecule has 1 heterocycles. The van der Waals surface area contributed by atoms with Crippen LogP contribution in [0.4, 0.5) is 4.39 Å². The van der Waals surface area contributed by atoms with Gasteiger partial charge in [-0.2, -0.15) is 0 Å². The maximum atomic E-state index is 15.8. The number of likely N-dealkylation sites (N-methyl/N-ethyl adjacent to an activating group) is 1. The molecule has 0 unspecified atom stereocenters. The lowest BCUT2D eigenvalue weighted by Crippen LogP contribution is -2.59. The Hall–Kier alpha value is -1.09. The summed E-state index contributed by atoms with van der Waals surface area (Å²) < 4.78 is 21.1. The zero-order valence-electron chi connectivity index (χ0n) is 23.0. The van der Waals surface area contributed by atoms with Crippen LogP contribution in [-0.2, 0) is 14.3 Å². The number of alkyl halides is 1. The van der Waals surface area contributed by atoms with Crippen LogP contribution in [0.3, 0.4) is 0 Å². The molecule has 0 bridgehead atoms. The molecule has 1 saturated heterocycles. The van der Waals surface area contributed by atoms with Crippen molar-refractivity contribution in [2.45, 2.75) is 117 Å². The number of ketones is 1. The molecule has 7 nitrogen and oxygen atoms in total. The Morgan fingerprint density at radius 2 is 1.62 bits per heavy atom. The molecule has 1 aliphatic rings. The molecule has 1 fully saturated rings. The largest absolute Gasteiger partial charge is 0.457 e. The Balaban J connectivity index is 3.66. The first-order chi connectivity index (χ1) is 15.1. The van der Waals surface area contributed by atoms with E-state index in [1.165, 1.54) is 6.92 Å². The van der Waals surface area contributed by atoms with Crippen molar-refractivity contribution < 1.29 is 34.0 Å². The second-order valence-corrected chi connectivity index (χ2v) is 12.3. The van der Waals surface area contributed by atoms with Crippen molar-refractivity contribution in [2.24, 2.45) is 23.2 Å². The maximum absolute atomic E-state index is 15.8. The monoisotopic (exact) mass is 489 g/mol. The average molecular weight is 490 g/mol. The number of esters is 1. The third-order valence-electron chi connectivity index (χ3n) is 7.75. The number of nitrogens with zero attached hydrogens (tertiary/aromatic N) is 1. The van der Waals surface area contributed by atoms with Gasteiger partial charge in [-0.3, -0.25) is 4.79 Å². The molecule has 9 atom stereocenters. The molecule has 0 aromatic carbocycles. The van der Waals surface area contributed by atoms with E-state index in [0.717, 1.165) is 6.92 Å². The number of hydrogen-bond donors (Lipinski definition) is 3. The van der Waals surface area contributed by atoms with Crippen molar-refractivity contribution in [2.75, 3.05) is 13.6 Å². The molecule has 200 valence electrons. The average Bonchev–Trinajstić information content (AvgIpc) is 2.66. The molecule has 0 radical (unpaired) electrons. The van der Waals surface area contributed by atoms with Gasteiger partial charge in [0.1, 0.15) is 17.8 Å². The summed E-state index contributed by atoms with van der Waals surface area (Å²) in [5.74, 6) is -4.06. The number of rotatable bonds is 1. The molecular weight excluding hydrogens is 441 g/mol. The molecule has 8 heteroatoms. The van der Waals surface area contributed by atoms with E-state index < -0.39 is 64.1 Å². The number of ether oxygens (including phenoxy) is 1. The van der Waals surface area contributed by atoms with Crippen molar-refractivity contribution in [1.29, 1.82) is 0 Å². The van der Waals surface area contributed by atoms with Crippen molar-refractivity contribution in [1.82, 2.24) is 4.90 Å². The Labute approximate surface area is 205 Å². The van der Waals surface area contributed by atoms with Crippen LogP contribution >= 0.6 is 0 Å². The van der Waals surface area contributed by atoms with Crippen LogP contribution in [-0.4, -0.2) is 80.7 Å². The van der Waals surface area contributed by atoms with Crippen molar-refractivity contribution in [3.05, 3.63) is 0 Å². The quantitative estimate of drug-likeness (QED) is 0.384. The molecule has 0 aromatic heterocycles. The molecule has 34 heavy (non-hydrogen) atoms. The van der Waals surface area contributed by atoms with Gasteiger partial charge in [-0.1, -0.05) is 41.5 Å². The third-order valence-corrected chi connectivity index (χ3v) is 7.75. The Morgan fingerprint density at radius 1 is 1.12 bits per heavy atom. The minimum Gasteiger partial charge on any atom is -0.457 e. The van der Waals surface area contributed by atoms with Crippen LogP contribution < -0.4 is 0 Å². The fourth-order valence-corrected chi connectivity index (χ4v) is 6.23. The minimum absolute atomic E-state index is 0.0477. The Kier molecular flexibility index (Phi) is 9.55. The standard InChI is InChI=1S/C26H48FNO6/c1-12-18-26(10,33)21(30)17(4)28(11)14-15(2)13-24(8,32)19(23(5,6)7)16(3)20(29)25(9,27)22(31)34-18/h15-19,21,30,32-33H,12-14H2,1-11H3/t15-,16-,17-,18-,19+,21-,24-,25+,26-/m1/s1. The van der Waals surface area contributed by atoms with Gasteiger partial charge in [0.25, 0.3) is 5.67 Å². The van der Waals surface area contributed by atoms with Crippen LogP contribution in [0.1, 0.15) is 82.1 Å². The van der Waals surface area contributed by atoms with Gasteiger partial charge in [0.05, 0.1) is 5.60 Å². The van der Waals surface area contributed by atoms with Crippen LogP contribution in [0.5, 0.6) is 0 Å². The number of aliphatic hydroxyl groups excluding tert-OH is 1. The molecule has 0 saturated carbocycles. The first-order valence-electron chi connectivity index (χ1n) is 12.4. The lowest BCUT2D eigenvalue weighted by atomic mass is 9.61. The summed E-state index contributed by atoms with van der Waals surface area (Å²) in [4.78, 5) is 28.2. The van der Waals surface area contributed by atoms with E-state index >= 15 is 4.39 Å². The third kappa shape index (κ3) is 6.37. The lowest BCUT2D eigenvalue weighted by Gasteiger charge is -2.46. The van der Waals surface area contributed by atoms with E-state index in [2.05, 4.69) is 0 Å². The normalized spacial score (nSPS) is 44.8. The van der Waals surface area contributed by atoms with E-state index in [9.17, 15) is 24.9 Å². The molecule has 0 aliphatic carbocycles. The number of hydrogen-bond acceptors (Lipinski definition) is 7. The summed E-state index contributed by atoms with van der Waals surface area (Å²) in [5, 5.41) is 33.8. The van der Waals surface area contributed by atoms with Crippen molar-refractivity contribution in [3.63, 3.8) is 0 Å². The molecular formula is C26H48FNO6. The van der Waals surface area contributed by atoms with Gasteiger partial charge in [-0.05, 0) is 58.9 Å². The fraction of sp³-hybridized carbons (Fsp3) is 0.923. The van der Waals surface area contributed by atoms with Crippen LogP contribution in [0.15, 0.2) is 0 Å².